The van der Waals surface area contributed by atoms with Gasteiger partial charge in [0, 0.05) is 0 Å². The number of benzene rings is 2. The second-order valence-electron chi connectivity index (χ2n) is 4.62. The molecule has 0 saturated heterocycles. The lowest BCUT2D eigenvalue weighted by Gasteiger charge is -2.14. The first-order valence-corrected chi connectivity index (χ1v) is 6.98. The molecule has 4 nitrogen and oxygen atoms in total. The van der Waals surface area contributed by atoms with Crippen molar-refractivity contribution in [2.45, 2.75) is 12.9 Å². The zero-order valence-corrected chi connectivity index (χ0v) is 15.6. The summed E-state index contributed by atoms with van der Waals surface area (Å²) in [5.41, 5.74) is 6.25. The van der Waals surface area contributed by atoms with Gasteiger partial charge in [-0.15, -0.1) is 37.1 Å². The predicted molar refractivity (Wildman–Crippen MR) is 98.9 cm³/mol. The number of guanidine groups is 1. The molecule has 0 spiro atoms. The van der Waals surface area contributed by atoms with E-state index in [0.717, 1.165) is 6.07 Å². The molecule has 0 aliphatic rings. The maximum Gasteiger partial charge on any atom is 0.573 e. The molecule has 3 N–H and O–H groups in total. The number of nitrogens with zero attached hydrogens (tertiary/aromatic N) is 1. The van der Waals surface area contributed by atoms with Crippen LogP contribution in [0.3, 0.4) is 0 Å². The average Bonchev–Trinajstić information content (AvgIpc) is 2.49. The van der Waals surface area contributed by atoms with E-state index in [-0.39, 0.29) is 47.2 Å². The summed E-state index contributed by atoms with van der Waals surface area (Å²) in [4.78, 5) is 3.96. The van der Waals surface area contributed by atoms with Crippen molar-refractivity contribution in [3.8, 4) is 5.75 Å². The molecule has 0 aliphatic carbocycles. The van der Waals surface area contributed by atoms with Crippen LogP contribution in [0.15, 0.2) is 47.5 Å². The van der Waals surface area contributed by atoms with Gasteiger partial charge in [-0.2, -0.15) is 0 Å². The fraction of sp³-hybridized carbons (Fsp3) is 0.133. The van der Waals surface area contributed by atoms with Gasteiger partial charge in [0.05, 0.1) is 17.3 Å². The van der Waals surface area contributed by atoms with Gasteiger partial charge in [0.2, 0.25) is 0 Å². The maximum absolute atomic E-state index is 13.1. The van der Waals surface area contributed by atoms with Crippen LogP contribution in [0, 0.1) is 5.82 Å². The van der Waals surface area contributed by atoms with Gasteiger partial charge in [-0.05, 0) is 29.8 Å². The third-order valence-electron chi connectivity index (χ3n) is 2.79. The predicted octanol–water partition coefficient (Wildman–Crippen LogP) is 4.92. The van der Waals surface area contributed by atoms with Gasteiger partial charge in [-0.1, -0.05) is 29.8 Å². The van der Waals surface area contributed by atoms with E-state index in [1.54, 1.807) is 0 Å². The molecule has 0 saturated carbocycles. The van der Waals surface area contributed by atoms with Crippen molar-refractivity contribution in [1.82, 2.24) is 0 Å². The molecule has 2 aromatic carbocycles. The number of ether oxygens (including phenoxy) is 1. The van der Waals surface area contributed by atoms with Gasteiger partial charge >= 0.3 is 6.36 Å². The zero-order valence-electron chi connectivity index (χ0n) is 12.5. The van der Waals surface area contributed by atoms with Crippen LogP contribution in [0.4, 0.5) is 23.2 Å². The van der Waals surface area contributed by atoms with Crippen LogP contribution in [-0.4, -0.2) is 12.3 Å². The summed E-state index contributed by atoms with van der Waals surface area (Å²) in [5, 5.41) is 2.47. The molecule has 0 atom stereocenters. The molecule has 0 fully saturated rings. The van der Waals surface area contributed by atoms with Gasteiger partial charge in [0.1, 0.15) is 5.82 Å². The number of rotatable bonds is 4. The lowest BCUT2D eigenvalue weighted by atomic mass is 10.2. The lowest BCUT2D eigenvalue weighted by Crippen LogP contribution is -2.24. The van der Waals surface area contributed by atoms with Crippen molar-refractivity contribution >= 4 is 47.2 Å². The Labute approximate surface area is 163 Å². The molecule has 0 radical (unpaired) electrons. The van der Waals surface area contributed by atoms with Crippen LogP contribution in [-0.2, 0) is 6.54 Å². The van der Waals surface area contributed by atoms with Gasteiger partial charge in [-0.3, -0.25) is 0 Å². The lowest BCUT2D eigenvalue weighted by molar-refractivity contribution is -0.274. The van der Waals surface area contributed by atoms with E-state index in [1.165, 1.54) is 36.4 Å². The van der Waals surface area contributed by atoms with E-state index >= 15 is 0 Å². The van der Waals surface area contributed by atoms with E-state index in [1.807, 2.05) is 0 Å². The average molecular weight is 490 g/mol. The van der Waals surface area contributed by atoms with Crippen LogP contribution in [0.5, 0.6) is 5.75 Å². The third-order valence-corrected chi connectivity index (χ3v) is 3.08. The van der Waals surface area contributed by atoms with E-state index in [4.69, 9.17) is 17.3 Å². The molecule has 0 bridgehead atoms. The second kappa shape index (κ2) is 9.09. The van der Waals surface area contributed by atoms with Crippen LogP contribution in [0.2, 0.25) is 5.02 Å². The summed E-state index contributed by atoms with van der Waals surface area (Å²) in [6.07, 6.45) is -4.82. The van der Waals surface area contributed by atoms with E-state index in [2.05, 4.69) is 15.0 Å². The van der Waals surface area contributed by atoms with Gasteiger partial charge < -0.3 is 15.8 Å². The van der Waals surface area contributed by atoms with E-state index in [9.17, 15) is 17.6 Å². The number of anilines is 1. The summed E-state index contributed by atoms with van der Waals surface area (Å²) < 4.78 is 54.0. The highest BCUT2D eigenvalue weighted by atomic mass is 127. The van der Waals surface area contributed by atoms with Crippen LogP contribution < -0.4 is 15.8 Å². The van der Waals surface area contributed by atoms with Crippen molar-refractivity contribution in [2.75, 3.05) is 5.32 Å². The highest BCUT2D eigenvalue weighted by molar-refractivity contribution is 14.0. The van der Waals surface area contributed by atoms with Crippen LogP contribution in [0.1, 0.15) is 5.56 Å². The molecule has 0 unspecified atom stereocenters. The highest BCUT2D eigenvalue weighted by Gasteiger charge is 2.32. The van der Waals surface area contributed by atoms with Crippen molar-refractivity contribution in [1.29, 1.82) is 0 Å². The molecule has 25 heavy (non-hydrogen) atoms. The molecule has 0 amide bonds. The minimum Gasteiger partial charge on any atom is -0.404 e. The molecule has 0 heterocycles. The molecule has 0 aliphatic heterocycles. The summed E-state index contributed by atoms with van der Waals surface area (Å²) in [7, 11) is 0. The number of hydrogen-bond acceptors (Lipinski definition) is 2. The monoisotopic (exact) mass is 489 g/mol. The quantitative estimate of drug-likeness (QED) is 0.277. The number of nitrogens with two attached hydrogens (primary N) is 1. The minimum atomic E-state index is -4.82. The van der Waals surface area contributed by atoms with Gasteiger partial charge in [-0.25, -0.2) is 9.38 Å². The van der Waals surface area contributed by atoms with Crippen molar-refractivity contribution in [3.05, 3.63) is 58.9 Å². The van der Waals surface area contributed by atoms with Crippen molar-refractivity contribution in [2.24, 2.45) is 10.7 Å². The van der Waals surface area contributed by atoms with Gasteiger partial charge in [0.25, 0.3) is 0 Å². The summed E-state index contributed by atoms with van der Waals surface area (Å²) in [5.74, 6) is -1.13. The Morgan fingerprint density at radius 2 is 1.88 bits per heavy atom. The molecule has 10 heteroatoms. The second-order valence-corrected chi connectivity index (χ2v) is 5.03. The van der Waals surface area contributed by atoms with E-state index in [0.29, 0.717) is 5.56 Å². The Hall–Kier alpha value is -1.75. The molecule has 2 aromatic rings. The Morgan fingerprint density at radius 3 is 2.52 bits per heavy atom. The highest BCUT2D eigenvalue weighted by Crippen LogP contribution is 2.29. The summed E-state index contributed by atoms with van der Waals surface area (Å²) in [6.45, 7) is 0.0706. The summed E-state index contributed by atoms with van der Waals surface area (Å²) in [6, 6.07) is 9.44. The number of para-hydroxylation sites is 2. The smallest absolute Gasteiger partial charge is 0.404 e. The Balaban J connectivity index is 0.00000312. The molecule has 0 aromatic heterocycles. The minimum absolute atomic E-state index is 0. The number of halogens is 6. The Bertz CT molecular complexity index is 756. The molecule has 136 valence electrons. The number of hydrogen-bond donors (Lipinski definition) is 2. The number of aliphatic imine (C=N–C) groups is 1. The zero-order chi connectivity index (χ0) is 17.7. The fourth-order valence-electron chi connectivity index (χ4n) is 1.78. The Kier molecular flexibility index (Phi) is 7.74. The largest absolute Gasteiger partial charge is 0.573 e. The number of nitrogens with one attached hydrogen (secondary N) is 1. The first kappa shape index (κ1) is 21.3. The van der Waals surface area contributed by atoms with Crippen LogP contribution in [0.25, 0.3) is 0 Å². The molecular weight excluding hydrogens is 477 g/mol. The molecular formula is C15H13ClF4IN3O. The Morgan fingerprint density at radius 1 is 1.20 bits per heavy atom. The van der Waals surface area contributed by atoms with Gasteiger partial charge in [0.15, 0.2) is 11.7 Å². The first-order valence-electron chi connectivity index (χ1n) is 6.60. The topological polar surface area (TPSA) is 59.6 Å². The standard InChI is InChI=1S/C15H12ClF4N3O.HI/c16-10-7-9(5-6-11(10)17)8-22-14(21)23-12-3-1-2-4-13(12)24-15(18,19)20;/h1-7H,8H2,(H3,21,22,23);1H. The number of alkyl halides is 3. The van der Waals surface area contributed by atoms with E-state index < -0.39 is 17.9 Å². The maximum atomic E-state index is 13.1. The fourth-order valence-corrected chi connectivity index (χ4v) is 1.98. The first-order chi connectivity index (χ1) is 11.2. The van der Waals surface area contributed by atoms with Crippen molar-refractivity contribution in [3.63, 3.8) is 0 Å². The molecule has 2 rings (SSSR count). The SMILES string of the molecule is I.NC(=NCc1ccc(F)c(Cl)c1)Nc1ccccc1OC(F)(F)F. The van der Waals surface area contributed by atoms with Crippen LogP contribution >= 0.6 is 35.6 Å². The third kappa shape index (κ3) is 6.94. The normalized spacial score (nSPS) is 11.6. The van der Waals surface area contributed by atoms with Crippen molar-refractivity contribution < 1.29 is 22.3 Å². The summed E-state index contributed by atoms with van der Waals surface area (Å²) >= 11 is 5.65.